The maximum absolute atomic E-state index is 13.7. The molecule has 44 heavy (non-hydrogen) atoms. The van der Waals surface area contributed by atoms with Crippen LogP contribution in [0.15, 0.2) is 35.1 Å². The molecule has 16 nitrogen and oxygen atoms in total. The molecular weight excluding hydrogens is 588 g/mol. The minimum Gasteiger partial charge on any atom is -0.508 e. The summed E-state index contributed by atoms with van der Waals surface area (Å²) in [6, 6.07) is 3.13. The first kappa shape index (κ1) is 33.4. The van der Waals surface area contributed by atoms with E-state index in [4.69, 9.17) is 31.3 Å². The lowest BCUT2D eigenvalue weighted by Crippen LogP contribution is -2.70. The first-order valence-electron chi connectivity index (χ1n) is 13.6. The van der Waals surface area contributed by atoms with Crippen LogP contribution in [0.1, 0.15) is 24.0 Å². The molecule has 11 atom stereocenters. The summed E-state index contributed by atoms with van der Waals surface area (Å²) < 4.78 is 4.58. The molecule has 0 bridgehead atoms. The van der Waals surface area contributed by atoms with E-state index in [2.05, 4.69) is 4.74 Å². The standard InChI is InChI=1S/C22H24N2O8.C6H12O6/c1-7-8-5-4-6-9(25)11(8)16(26)12-10(7)17(27)14-15(24(2)3)18(28)13(21(23)31)20(30)22(14,32)19(12)29;7-1-2-3(8)4(9)5(10)6(11)12-2/h4-7,10,14-15,17,25-27,30,32H,1-3H3,(H2,23,31);2-11H,1H2/t7-,10+,14+,15-,17-,22-;2-,3-,4+,5-,6?/m01/s1. The largest absolute Gasteiger partial charge is 0.508 e. The normalized spacial score (nSPS) is 38.4. The number of phenolic OH excluding ortho intramolecular Hbond substituents is 1. The Kier molecular flexibility index (Phi) is 8.98. The molecule has 1 aromatic carbocycles. The van der Waals surface area contributed by atoms with E-state index in [1.54, 1.807) is 19.1 Å². The Balaban J connectivity index is 0.000000309. The number of primary amides is 1. The molecule has 242 valence electrons. The average molecular weight is 625 g/mol. The van der Waals surface area contributed by atoms with Crippen LogP contribution < -0.4 is 5.73 Å². The number of aliphatic hydroxyl groups excluding tert-OH is 8. The number of benzene rings is 1. The SMILES string of the molecule is C[C@H]1c2cccc(O)c2C(O)=C2C(=O)[C@]3(O)C(O)=C(C(N)=O)C(=O)[C@@H](N(C)C)[C@@H]3[C@@H](O)[C@@H]21.OC[C@H]1OC(O)[C@H](O)[C@@H](O)[C@@H]1O. The highest BCUT2D eigenvalue weighted by Crippen LogP contribution is 2.55. The number of ether oxygens (including phenoxy) is 1. The van der Waals surface area contributed by atoms with Gasteiger partial charge in [-0.15, -0.1) is 0 Å². The fraction of sp³-hybridized carbons (Fsp3) is 0.536. The Bertz CT molecular complexity index is 1420. The number of rotatable bonds is 3. The van der Waals surface area contributed by atoms with Crippen molar-refractivity contribution in [2.24, 2.45) is 17.6 Å². The minimum absolute atomic E-state index is 0.0245. The highest BCUT2D eigenvalue weighted by Gasteiger charge is 2.68. The van der Waals surface area contributed by atoms with Crippen molar-refractivity contribution >= 4 is 23.2 Å². The number of Topliss-reactive ketones (excluding diaryl/α,β-unsaturated/α-hetero) is 2. The van der Waals surface area contributed by atoms with Crippen molar-refractivity contribution in [3.05, 3.63) is 46.2 Å². The van der Waals surface area contributed by atoms with Crippen molar-refractivity contribution < 1.29 is 70.2 Å². The van der Waals surface area contributed by atoms with Crippen LogP contribution in [-0.2, 0) is 19.1 Å². The van der Waals surface area contributed by atoms with Crippen molar-refractivity contribution in [1.29, 1.82) is 0 Å². The molecule has 1 saturated carbocycles. The third-order valence-electron chi connectivity index (χ3n) is 8.86. The summed E-state index contributed by atoms with van der Waals surface area (Å²) >= 11 is 0. The van der Waals surface area contributed by atoms with E-state index in [1.807, 2.05) is 0 Å². The van der Waals surface area contributed by atoms with Crippen LogP contribution in [0, 0.1) is 11.8 Å². The Hall–Kier alpha value is -3.45. The lowest BCUT2D eigenvalue weighted by atomic mass is 9.54. The van der Waals surface area contributed by atoms with Gasteiger partial charge in [0.25, 0.3) is 5.91 Å². The van der Waals surface area contributed by atoms with Crippen molar-refractivity contribution in [2.75, 3.05) is 20.7 Å². The molecule has 1 saturated heterocycles. The van der Waals surface area contributed by atoms with Gasteiger partial charge in [-0.25, -0.2) is 0 Å². The van der Waals surface area contributed by atoms with Crippen molar-refractivity contribution in [3.8, 4) is 5.75 Å². The van der Waals surface area contributed by atoms with Gasteiger partial charge in [-0.2, -0.15) is 0 Å². The molecule has 1 unspecified atom stereocenters. The summed E-state index contributed by atoms with van der Waals surface area (Å²) in [4.78, 5) is 40.0. The van der Waals surface area contributed by atoms with Crippen LogP contribution in [0.25, 0.3) is 5.76 Å². The molecule has 1 amide bonds. The molecule has 0 spiro atoms. The molecule has 0 radical (unpaired) electrons. The van der Waals surface area contributed by atoms with Gasteiger partial charge < -0.3 is 61.5 Å². The van der Waals surface area contributed by atoms with Gasteiger partial charge in [-0.3, -0.25) is 19.3 Å². The highest BCUT2D eigenvalue weighted by atomic mass is 16.6. The van der Waals surface area contributed by atoms with Gasteiger partial charge in [-0.05, 0) is 31.6 Å². The number of carbonyl (C=O) groups excluding carboxylic acids is 3. The van der Waals surface area contributed by atoms with Gasteiger partial charge in [0.15, 0.2) is 17.7 Å². The average Bonchev–Trinajstić information content (AvgIpc) is 2.95. The van der Waals surface area contributed by atoms with E-state index < -0.39 is 113 Å². The quantitative estimate of drug-likeness (QED) is 0.144. The Morgan fingerprint density at radius 2 is 1.61 bits per heavy atom. The molecular formula is C28H36N2O14. The first-order valence-corrected chi connectivity index (χ1v) is 13.6. The fourth-order valence-corrected chi connectivity index (χ4v) is 6.66. The third-order valence-corrected chi connectivity index (χ3v) is 8.86. The van der Waals surface area contributed by atoms with Crippen molar-refractivity contribution in [1.82, 2.24) is 4.90 Å². The number of nitrogens with zero attached hydrogens (tertiary/aromatic N) is 1. The molecule has 2 fully saturated rings. The Morgan fingerprint density at radius 1 is 1.00 bits per heavy atom. The molecule has 5 rings (SSSR count). The van der Waals surface area contributed by atoms with E-state index in [9.17, 15) is 39.9 Å². The summed E-state index contributed by atoms with van der Waals surface area (Å²) in [7, 11) is 2.92. The summed E-state index contributed by atoms with van der Waals surface area (Å²) in [5, 5.41) is 99.5. The number of carbonyl (C=O) groups is 3. The Labute approximate surface area is 250 Å². The van der Waals surface area contributed by atoms with Crippen LogP contribution in [-0.4, -0.2) is 143 Å². The van der Waals surface area contributed by atoms with Gasteiger partial charge in [0.2, 0.25) is 5.78 Å². The number of nitrogens with two attached hydrogens (primary N) is 1. The van der Waals surface area contributed by atoms with Crippen LogP contribution in [0.2, 0.25) is 0 Å². The van der Waals surface area contributed by atoms with E-state index in [0.717, 1.165) is 0 Å². The monoisotopic (exact) mass is 624 g/mol. The van der Waals surface area contributed by atoms with Crippen molar-refractivity contribution in [3.63, 3.8) is 0 Å². The summed E-state index contributed by atoms with van der Waals surface area (Å²) in [6.45, 7) is 1.15. The number of hydrogen-bond acceptors (Lipinski definition) is 15. The van der Waals surface area contributed by atoms with Crippen LogP contribution in [0.4, 0.5) is 0 Å². The molecule has 3 aliphatic carbocycles. The van der Waals surface area contributed by atoms with E-state index >= 15 is 0 Å². The van der Waals surface area contributed by atoms with E-state index in [0.29, 0.717) is 5.56 Å². The summed E-state index contributed by atoms with van der Waals surface area (Å²) in [5.41, 5.74) is 1.47. The zero-order chi connectivity index (χ0) is 33.2. The number of likely N-dealkylation sites (N-methyl/N-ethyl adjacent to an activating group) is 1. The van der Waals surface area contributed by atoms with E-state index in [1.165, 1.54) is 25.1 Å². The second-order valence-electron chi connectivity index (χ2n) is 11.5. The molecule has 0 aromatic heterocycles. The predicted molar refractivity (Wildman–Crippen MR) is 146 cm³/mol. The zero-order valence-corrected chi connectivity index (χ0v) is 23.8. The number of amides is 1. The topological polar surface area (TPSA) is 292 Å². The van der Waals surface area contributed by atoms with Crippen LogP contribution in [0.5, 0.6) is 5.75 Å². The van der Waals surface area contributed by atoms with Crippen LogP contribution >= 0.6 is 0 Å². The highest BCUT2D eigenvalue weighted by molar-refractivity contribution is 6.24. The van der Waals surface area contributed by atoms with Gasteiger partial charge >= 0.3 is 0 Å². The zero-order valence-electron chi connectivity index (χ0n) is 23.8. The number of ketones is 2. The number of aliphatic hydroxyl groups is 9. The van der Waals surface area contributed by atoms with Gasteiger partial charge in [0, 0.05) is 11.5 Å². The van der Waals surface area contributed by atoms with Crippen LogP contribution in [0.3, 0.4) is 0 Å². The molecule has 1 aliphatic heterocycles. The number of phenols is 1. The minimum atomic E-state index is -2.89. The summed E-state index contributed by atoms with van der Waals surface area (Å²) in [5.74, 6) is -8.87. The number of fused-ring (bicyclic) bond motifs is 3. The molecule has 16 heteroatoms. The number of hydrogen-bond donors (Lipinski definition) is 11. The molecule has 12 N–H and O–H groups in total. The maximum Gasteiger partial charge on any atom is 0.255 e. The van der Waals surface area contributed by atoms with E-state index in [-0.39, 0.29) is 11.3 Å². The van der Waals surface area contributed by atoms with Gasteiger partial charge in [0.05, 0.1) is 30.2 Å². The molecule has 1 heterocycles. The summed E-state index contributed by atoms with van der Waals surface area (Å²) in [6.07, 6.45) is -8.63. The number of aromatic hydroxyl groups is 1. The third kappa shape index (κ3) is 4.79. The molecule has 4 aliphatic rings. The second kappa shape index (κ2) is 11.8. The maximum atomic E-state index is 13.7. The Morgan fingerprint density at radius 3 is 2.16 bits per heavy atom. The lowest BCUT2D eigenvalue weighted by molar-refractivity contribution is -0.286. The van der Waals surface area contributed by atoms with Crippen molar-refractivity contribution in [2.45, 2.75) is 61.3 Å². The smallest absolute Gasteiger partial charge is 0.255 e. The first-order chi connectivity index (χ1) is 20.4. The predicted octanol–water partition coefficient (Wildman–Crippen LogP) is -3.73. The lowest BCUT2D eigenvalue weighted by Gasteiger charge is -2.53. The van der Waals surface area contributed by atoms with Gasteiger partial charge in [-0.1, -0.05) is 19.1 Å². The molecule has 1 aromatic rings. The van der Waals surface area contributed by atoms with Gasteiger partial charge in [0.1, 0.15) is 47.3 Å². The second-order valence-corrected chi connectivity index (χ2v) is 11.5. The fourth-order valence-electron chi connectivity index (χ4n) is 6.66.